The molecule has 2 nitrogen and oxygen atoms in total. The molecule has 1 rings (SSSR count). The summed E-state index contributed by atoms with van der Waals surface area (Å²) >= 11 is 0. The van der Waals surface area contributed by atoms with Crippen LogP contribution in [0.25, 0.3) is 0 Å². The first-order chi connectivity index (χ1) is 4.24. The number of hydrogen-bond donors (Lipinski definition) is 1. The molecule has 1 aliphatic rings. The van der Waals surface area contributed by atoms with Crippen molar-refractivity contribution < 1.29 is 9.18 Å². The molecule has 0 aliphatic carbocycles. The predicted octanol–water partition coefficient (Wildman–Crippen LogP) is 0.480. The Kier molecular flexibility index (Phi) is 1.69. The Morgan fingerprint density at radius 1 is 1.89 bits per heavy atom. The van der Waals surface area contributed by atoms with Crippen LogP contribution in [0, 0.1) is 5.92 Å². The molecule has 0 aromatic carbocycles. The van der Waals surface area contributed by atoms with Crippen LogP contribution in [-0.2, 0) is 4.79 Å². The fourth-order valence-corrected chi connectivity index (χ4v) is 1.04. The van der Waals surface area contributed by atoms with E-state index in [0.717, 1.165) is 0 Å². The van der Waals surface area contributed by atoms with Gasteiger partial charge in [-0.25, -0.2) is 4.39 Å². The Balaban J connectivity index is 2.44. The Morgan fingerprint density at radius 2 is 2.56 bits per heavy atom. The van der Waals surface area contributed by atoms with E-state index in [1.165, 1.54) is 0 Å². The number of alkyl halides is 1. The maximum atomic E-state index is 11.8. The molecule has 9 heavy (non-hydrogen) atoms. The highest BCUT2D eigenvalue weighted by atomic mass is 19.1. The van der Waals surface area contributed by atoms with Crippen LogP contribution in [0.2, 0.25) is 0 Å². The number of nitrogens with one attached hydrogen (secondary N) is 1. The van der Waals surface area contributed by atoms with Gasteiger partial charge in [-0.2, -0.15) is 0 Å². The second-order valence-corrected chi connectivity index (χ2v) is 2.50. The van der Waals surface area contributed by atoms with E-state index in [0.29, 0.717) is 6.42 Å². The molecule has 2 unspecified atom stereocenters. The molecule has 3 heteroatoms. The predicted molar refractivity (Wildman–Crippen MR) is 31.7 cm³/mol. The van der Waals surface area contributed by atoms with E-state index in [9.17, 15) is 9.18 Å². The van der Waals surface area contributed by atoms with Gasteiger partial charge in [0.05, 0.1) is 6.04 Å². The summed E-state index contributed by atoms with van der Waals surface area (Å²) in [7, 11) is 0. The molecule has 2 atom stereocenters. The lowest BCUT2D eigenvalue weighted by molar-refractivity contribution is -0.122. The third kappa shape index (κ3) is 1.20. The van der Waals surface area contributed by atoms with Gasteiger partial charge < -0.3 is 5.32 Å². The van der Waals surface area contributed by atoms with Gasteiger partial charge in [-0.3, -0.25) is 4.79 Å². The molecule has 1 amide bonds. The summed E-state index contributed by atoms with van der Waals surface area (Å²) in [5.41, 5.74) is 0. The summed E-state index contributed by atoms with van der Waals surface area (Å²) in [4.78, 5) is 10.7. The Bertz CT molecular complexity index is 126. The van der Waals surface area contributed by atoms with Crippen molar-refractivity contribution >= 4 is 5.91 Å². The summed E-state index contributed by atoms with van der Waals surface area (Å²) in [6.45, 7) is 1.38. The highest BCUT2D eigenvalue weighted by molar-refractivity contribution is 5.80. The molecular weight excluding hydrogens is 121 g/mol. The maximum absolute atomic E-state index is 11.8. The average Bonchev–Trinajstić information content (AvgIpc) is 2.13. The van der Waals surface area contributed by atoms with Gasteiger partial charge in [0.2, 0.25) is 5.91 Å². The molecule has 52 valence electrons. The van der Waals surface area contributed by atoms with E-state index in [-0.39, 0.29) is 17.9 Å². The Hall–Kier alpha value is -0.600. The molecule has 1 saturated heterocycles. The summed E-state index contributed by atoms with van der Waals surface area (Å²) in [6.07, 6.45) is 0.648. The van der Waals surface area contributed by atoms with Gasteiger partial charge >= 0.3 is 0 Å². The first-order valence-corrected chi connectivity index (χ1v) is 3.10. The zero-order chi connectivity index (χ0) is 6.85. The molecule has 1 aliphatic heterocycles. The molecule has 1 heterocycles. The number of carbonyl (C=O) groups is 1. The molecule has 0 aromatic heterocycles. The van der Waals surface area contributed by atoms with Crippen LogP contribution >= 0.6 is 0 Å². The van der Waals surface area contributed by atoms with Crippen LogP contribution in [0.3, 0.4) is 0 Å². The highest BCUT2D eigenvalue weighted by Crippen LogP contribution is 2.13. The largest absolute Gasteiger partial charge is 0.350 e. The van der Waals surface area contributed by atoms with Crippen LogP contribution in [0.4, 0.5) is 4.39 Å². The van der Waals surface area contributed by atoms with Crippen LogP contribution in [0.5, 0.6) is 0 Å². The lowest BCUT2D eigenvalue weighted by atomic mass is 10.1. The monoisotopic (exact) mass is 131 g/mol. The molecule has 1 N–H and O–H groups in total. The Morgan fingerprint density at radius 3 is 2.78 bits per heavy atom. The van der Waals surface area contributed by atoms with Gasteiger partial charge in [0.15, 0.2) is 0 Å². The van der Waals surface area contributed by atoms with E-state index in [1.807, 2.05) is 6.92 Å². The van der Waals surface area contributed by atoms with Crippen molar-refractivity contribution in [2.24, 2.45) is 5.92 Å². The number of halogens is 1. The summed E-state index contributed by atoms with van der Waals surface area (Å²) in [6, 6.07) is -0.215. The van der Waals surface area contributed by atoms with Crippen LogP contribution in [0.15, 0.2) is 0 Å². The van der Waals surface area contributed by atoms with Crippen LogP contribution in [0.1, 0.15) is 13.3 Å². The van der Waals surface area contributed by atoms with E-state index >= 15 is 0 Å². The van der Waals surface area contributed by atoms with Crippen molar-refractivity contribution in [2.45, 2.75) is 19.4 Å². The van der Waals surface area contributed by atoms with Gasteiger partial charge in [0.25, 0.3) is 0 Å². The summed E-state index contributed by atoms with van der Waals surface area (Å²) in [5, 5.41) is 2.54. The summed E-state index contributed by atoms with van der Waals surface area (Å²) < 4.78 is 11.8. The van der Waals surface area contributed by atoms with Crippen LogP contribution in [-0.4, -0.2) is 18.6 Å². The minimum atomic E-state index is -0.434. The van der Waals surface area contributed by atoms with Crippen molar-refractivity contribution in [3.63, 3.8) is 0 Å². The van der Waals surface area contributed by atoms with Crippen molar-refractivity contribution in [1.29, 1.82) is 0 Å². The number of carbonyl (C=O) groups excluding carboxylic acids is 1. The Labute approximate surface area is 53.4 Å². The lowest BCUT2D eigenvalue weighted by Gasteiger charge is -1.99. The zero-order valence-corrected chi connectivity index (χ0v) is 5.36. The smallest absolute Gasteiger partial charge is 0.223 e. The third-order valence-corrected chi connectivity index (χ3v) is 1.62. The molecule has 0 aromatic rings. The summed E-state index contributed by atoms with van der Waals surface area (Å²) in [5.74, 6) is -0.0107. The fraction of sp³-hybridized carbons (Fsp3) is 0.833. The number of rotatable bonds is 1. The number of hydrogen-bond acceptors (Lipinski definition) is 1. The zero-order valence-electron chi connectivity index (χ0n) is 5.36. The van der Waals surface area contributed by atoms with Gasteiger partial charge in [0, 0.05) is 5.92 Å². The second-order valence-electron chi connectivity index (χ2n) is 2.50. The maximum Gasteiger partial charge on any atom is 0.223 e. The quantitative estimate of drug-likeness (QED) is 0.551. The van der Waals surface area contributed by atoms with Crippen molar-refractivity contribution in [3.8, 4) is 0 Å². The van der Waals surface area contributed by atoms with E-state index in [2.05, 4.69) is 5.32 Å². The normalized spacial score (nSPS) is 34.7. The topological polar surface area (TPSA) is 29.1 Å². The minimum absolute atomic E-state index is 0.00532. The number of amides is 1. The molecule has 0 spiro atoms. The highest BCUT2D eigenvalue weighted by Gasteiger charge is 2.27. The molecular formula is C6H10FNO. The SMILES string of the molecule is CC1CC(CF)NC1=O. The average molecular weight is 131 g/mol. The van der Waals surface area contributed by atoms with Crippen molar-refractivity contribution in [3.05, 3.63) is 0 Å². The first kappa shape index (κ1) is 6.52. The van der Waals surface area contributed by atoms with Gasteiger partial charge in [-0.15, -0.1) is 0 Å². The van der Waals surface area contributed by atoms with Crippen LogP contribution < -0.4 is 5.32 Å². The van der Waals surface area contributed by atoms with E-state index in [4.69, 9.17) is 0 Å². The van der Waals surface area contributed by atoms with Gasteiger partial charge in [-0.1, -0.05) is 6.92 Å². The first-order valence-electron chi connectivity index (χ1n) is 3.10. The molecule has 0 bridgehead atoms. The van der Waals surface area contributed by atoms with Crippen molar-refractivity contribution in [1.82, 2.24) is 5.32 Å². The molecule has 0 saturated carbocycles. The standard InChI is InChI=1S/C6H10FNO/c1-4-2-5(3-7)8-6(4)9/h4-5H,2-3H2,1H3,(H,8,9). The van der Waals surface area contributed by atoms with E-state index < -0.39 is 6.67 Å². The second kappa shape index (κ2) is 2.33. The van der Waals surface area contributed by atoms with Gasteiger partial charge in [0.1, 0.15) is 6.67 Å². The van der Waals surface area contributed by atoms with Crippen molar-refractivity contribution in [2.75, 3.05) is 6.67 Å². The fourth-order valence-electron chi connectivity index (χ4n) is 1.04. The van der Waals surface area contributed by atoms with E-state index in [1.54, 1.807) is 0 Å². The lowest BCUT2D eigenvalue weighted by Crippen LogP contribution is -2.27. The molecule has 1 fully saturated rings. The minimum Gasteiger partial charge on any atom is -0.350 e. The van der Waals surface area contributed by atoms with Gasteiger partial charge in [-0.05, 0) is 6.42 Å². The molecule has 0 radical (unpaired) electrons. The third-order valence-electron chi connectivity index (χ3n) is 1.62.